The lowest BCUT2D eigenvalue weighted by Crippen LogP contribution is -2.34. The van der Waals surface area contributed by atoms with Gasteiger partial charge in [-0.25, -0.2) is 0 Å². The van der Waals surface area contributed by atoms with Crippen molar-refractivity contribution >= 4 is 0 Å². The van der Waals surface area contributed by atoms with Crippen molar-refractivity contribution in [2.45, 2.75) is 72.9 Å². The SMILES string of the molecule is CCCNC(Cc1cc(C)nn1CC)CC(C)CC. The van der Waals surface area contributed by atoms with E-state index in [2.05, 4.69) is 55.8 Å². The van der Waals surface area contributed by atoms with E-state index < -0.39 is 0 Å². The van der Waals surface area contributed by atoms with Crippen LogP contribution in [0, 0.1) is 12.8 Å². The highest BCUT2D eigenvalue weighted by molar-refractivity contribution is 5.10. The largest absolute Gasteiger partial charge is 0.314 e. The summed E-state index contributed by atoms with van der Waals surface area (Å²) >= 11 is 0. The van der Waals surface area contributed by atoms with Crippen molar-refractivity contribution in [2.75, 3.05) is 6.54 Å². The molecule has 0 aliphatic rings. The fraction of sp³-hybridized carbons (Fsp3) is 0.812. The van der Waals surface area contributed by atoms with Gasteiger partial charge in [-0.05, 0) is 45.2 Å². The van der Waals surface area contributed by atoms with Crippen molar-refractivity contribution < 1.29 is 0 Å². The zero-order chi connectivity index (χ0) is 14.3. The molecule has 0 aromatic carbocycles. The van der Waals surface area contributed by atoms with Crippen LogP contribution in [0.2, 0.25) is 0 Å². The molecule has 1 aromatic heterocycles. The summed E-state index contributed by atoms with van der Waals surface area (Å²) in [5.41, 5.74) is 2.51. The number of hydrogen-bond donors (Lipinski definition) is 1. The van der Waals surface area contributed by atoms with Gasteiger partial charge in [0, 0.05) is 24.7 Å². The normalized spacial score (nSPS) is 14.6. The van der Waals surface area contributed by atoms with Crippen LogP contribution in [0.4, 0.5) is 0 Å². The van der Waals surface area contributed by atoms with Crippen molar-refractivity contribution in [1.29, 1.82) is 0 Å². The predicted molar refractivity (Wildman–Crippen MR) is 82.5 cm³/mol. The van der Waals surface area contributed by atoms with Gasteiger partial charge in [0.2, 0.25) is 0 Å². The summed E-state index contributed by atoms with van der Waals surface area (Å²) in [6.07, 6.45) is 4.81. The molecule has 0 bridgehead atoms. The Labute approximate surface area is 118 Å². The molecule has 3 nitrogen and oxygen atoms in total. The van der Waals surface area contributed by atoms with Gasteiger partial charge >= 0.3 is 0 Å². The van der Waals surface area contributed by atoms with Crippen LogP contribution < -0.4 is 5.32 Å². The van der Waals surface area contributed by atoms with Gasteiger partial charge in [-0.2, -0.15) is 5.10 Å². The van der Waals surface area contributed by atoms with Gasteiger partial charge < -0.3 is 5.32 Å². The van der Waals surface area contributed by atoms with Crippen molar-refractivity contribution in [3.8, 4) is 0 Å². The van der Waals surface area contributed by atoms with Crippen LogP contribution in [0.15, 0.2) is 6.07 Å². The average Bonchev–Trinajstić information content (AvgIpc) is 2.75. The molecule has 1 heterocycles. The van der Waals surface area contributed by atoms with E-state index in [0.717, 1.165) is 31.1 Å². The molecular weight excluding hydrogens is 234 g/mol. The van der Waals surface area contributed by atoms with Crippen molar-refractivity contribution in [3.63, 3.8) is 0 Å². The molecule has 19 heavy (non-hydrogen) atoms. The number of rotatable bonds is 9. The summed E-state index contributed by atoms with van der Waals surface area (Å²) in [5.74, 6) is 0.786. The standard InChI is InChI=1S/C16H31N3/c1-6-9-17-15(10-13(4)7-2)12-16-11-14(5)18-19(16)8-3/h11,13,15,17H,6-10,12H2,1-5H3. The maximum atomic E-state index is 4.55. The smallest absolute Gasteiger partial charge is 0.0596 e. The lowest BCUT2D eigenvalue weighted by molar-refractivity contribution is 0.384. The third-order valence-corrected chi connectivity index (χ3v) is 3.81. The van der Waals surface area contributed by atoms with E-state index >= 15 is 0 Å². The lowest BCUT2D eigenvalue weighted by Gasteiger charge is -2.22. The second-order valence-corrected chi connectivity index (χ2v) is 5.70. The Morgan fingerprint density at radius 3 is 2.63 bits per heavy atom. The van der Waals surface area contributed by atoms with Crippen LogP contribution in [0.25, 0.3) is 0 Å². The second kappa shape index (κ2) is 8.36. The first-order valence-electron chi connectivity index (χ1n) is 7.87. The minimum atomic E-state index is 0.580. The molecule has 0 radical (unpaired) electrons. The van der Waals surface area contributed by atoms with E-state index in [-0.39, 0.29) is 0 Å². The van der Waals surface area contributed by atoms with Crippen LogP contribution >= 0.6 is 0 Å². The minimum Gasteiger partial charge on any atom is -0.314 e. The number of nitrogens with one attached hydrogen (secondary N) is 1. The molecule has 2 atom stereocenters. The van der Waals surface area contributed by atoms with Gasteiger partial charge in [0.1, 0.15) is 0 Å². The molecule has 0 saturated heterocycles. The van der Waals surface area contributed by atoms with Crippen LogP contribution in [-0.2, 0) is 13.0 Å². The zero-order valence-corrected chi connectivity index (χ0v) is 13.4. The molecule has 110 valence electrons. The van der Waals surface area contributed by atoms with Gasteiger partial charge in [-0.15, -0.1) is 0 Å². The highest BCUT2D eigenvalue weighted by Gasteiger charge is 2.15. The van der Waals surface area contributed by atoms with E-state index in [1.165, 1.54) is 25.0 Å². The first-order valence-corrected chi connectivity index (χ1v) is 7.87. The zero-order valence-electron chi connectivity index (χ0n) is 13.4. The summed E-state index contributed by atoms with van der Waals surface area (Å²) < 4.78 is 2.15. The minimum absolute atomic E-state index is 0.580. The highest BCUT2D eigenvalue weighted by Crippen LogP contribution is 2.15. The molecule has 1 rings (SSSR count). The molecule has 0 aliphatic heterocycles. The molecule has 3 heteroatoms. The summed E-state index contributed by atoms with van der Waals surface area (Å²) in [6, 6.07) is 2.82. The molecule has 2 unspecified atom stereocenters. The first-order chi connectivity index (χ1) is 9.10. The van der Waals surface area contributed by atoms with Crippen molar-refractivity contribution in [1.82, 2.24) is 15.1 Å². The molecule has 0 aliphatic carbocycles. The molecule has 0 amide bonds. The monoisotopic (exact) mass is 265 g/mol. The van der Waals surface area contributed by atoms with Crippen LogP contribution in [0.3, 0.4) is 0 Å². The fourth-order valence-corrected chi connectivity index (χ4v) is 2.53. The number of aromatic nitrogens is 2. The molecule has 0 fully saturated rings. The van der Waals surface area contributed by atoms with Gasteiger partial charge in [0.05, 0.1) is 5.69 Å². The Morgan fingerprint density at radius 2 is 2.05 bits per heavy atom. The van der Waals surface area contributed by atoms with Crippen LogP contribution in [0.5, 0.6) is 0 Å². The predicted octanol–water partition coefficient (Wildman–Crippen LogP) is 3.56. The second-order valence-electron chi connectivity index (χ2n) is 5.70. The lowest BCUT2D eigenvalue weighted by atomic mass is 9.96. The van der Waals surface area contributed by atoms with Crippen molar-refractivity contribution in [3.05, 3.63) is 17.5 Å². The molecule has 0 spiro atoms. The molecular formula is C16H31N3. The van der Waals surface area contributed by atoms with Gasteiger partial charge in [0.25, 0.3) is 0 Å². The van der Waals surface area contributed by atoms with E-state index in [4.69, 9.17) is 0 Å². The van der Waals surface area contributed by atoms with Gasteiger partial charge in [0.15, 0.2) is 0 Å². The third kappa shape index (κ3) is 5.35. The van der Waals surface area contributed by atoms with E-state index in [0.29, 0.717) is 6.04 Å². The topological polar surface area (TPSA) is 29.9 Å². The quantitative estimate of drug-likeness (QED) is 0.740. The Kier molecular flexibility index (Phi) is 7.14. The summed E-state index contributed by atoms with van der Waals surface area (Å²) in [7, 11) is 0. The summed E-state index contributed by atoms with van der Waals surface area (Å²) in [6.45, 7) is 13.2. The van der Waals surface area contributed by atoms with E-state index in [9.17, 15) is 0 Å². The first kappa shape index (κ1) is 16.2. The maximum absolute atomic E-state index is 4.55. The number of aryl methyl sites for hydroxylation is 2. The Hall–Kier alpha value is -0.830. The molecule has 1 N–H and O–H groups in total. The van der Waals surface area contributed by atoms with Gasteiger partial charge in [-0.1, -0.05) is 27.2 Å². The Bertz CT molecular complexity index is 357. The number of nitrogens with zero attached hydrogens (tertiary/aromatic N) is 2. The van der Waals surface area contributed by atoms with Crippen LogP contribution in [-0.4, -0.2) is 22.4 Å². The summed E-state index contributed by atoms with van der Waals surface area (Å²) in [4.78, 5) is 0. The number of hydrogen-bond acceptors (Lipinski definition) is 2. The fourth-order valence-electron chi connectivity index (χ4n) is 2.53. The highest BCUT2D eigenvalue weighted by atomic mass is 15.3. The van der Waals surface area contributed by atoms with E-state index in [1.807, 2.05) is 0 Å². The van der Waals surface area contributed by atoms with Gasteiger partial charge in [-0.3, -0.25) is 4.68 Å². The maximum Gasteiger partial charge on any atom is 0.0596 e. The van der Waals surface area contributed by atoms with Crippen LogP contribution in [0.1, 0.15) is 58.3 Å². The summed E-state index contributed by atoms with van der Waals surface area (Å²) in [5, 5.41) is 8.25. The third-order valence-electron chi connectivity index (χ3n) is 3.81. The van der Waals surface area contributed by atoms with Crippen molar-refractivity contribution in [2.24, 2.45) is 5.92 Å². The molecule has 0 saturated carbocycles. The molecule has 1 aromatic rings. The average molecular weight is 265 g/mol. The Morgan fingerprint density at radius 1 is 1.32 bits per heavy atom. The Balaban J connectivity index is 2.68. The van der Waals surface area contributed by atoms with E-state index in [1.54, 1.807) is 0 Å².